The van der Waals surface area contributed by atoms with Crippen molar-refractivity contribution in [1.82, 2.24) is 4.90 Å². The molecule has 5 nitrogen and oxygen atoms in total. The SMILES string of the molecule is CCCCC(c1ccc(OCC)c(OCC)c1)N1CCCC1C(=O)O. The van der Waals surface area contributed by atoms with Crippen molar-refractivity contribution in [2.75, 3.05) is 19.8 Å². The molecule has 5 heteroatoms. The Morgan fingerprint density at radius 3 is 2.60 bits per heavy atom. The molecule has 0 amide bonds. The Labute approximate surface area is 150 Å². The largest absolute Gasteiger partial charge is 0.490 e. The molecule has 1 fully saturated rings. The first-order chi connectivity index (χ1) is 12.1. The number of hydrogen-bond acceptors (Lipinski definition) is 4. The molecule has 1 aliphatic rings. The predicted octanol–water partition coefficient (Wildman–Crippen LogP) is 4.26. The highest BCUT2D eigenvalue weighted by Gasteiger charge is 2.36. The lowest BCUT2D eigenvalue weighted by atomic mass is 9.98. The summed E-state index contributed by atoms with van der Waals surface area (Å²) in [4.78, 5) is 13.8. The van der Waals surface area contributed by atoms with Gasteiger partial charge in [-0.15, -0.1) is 0 Å². The fraction of sp³-hybridized carbons (Fsp3) is 0.650. The predicted molar refractivity (Wildman–Crippen MR) is 98.4 cm³/mol. The van der Waals surface area contributed by atoms with Crippen molar-refractivity contribution in [1.29, 1.82) is 0 Å². The number of unbranched alkanes of at least 4 members (excludes halogenated alkanes) is 1. The van der Waals surface area contributed by atoms with E-state index in [1.54, 1.807) is 0 Å². The highest BCUT2D eigenvalue weighted by molar-refractivity contribution is 5.74. The smallest absolute Gasteiger partial charge is 0.320 e. The summed E-state index contributed by atoms with van der Waals surface area (Å²) in [5.74, 6) is 0.780. The third-order valence-corrected chi connectivity index (χ3v) is 4.76. The summed E-state index contributed by atoms with van der Waals surface area (Å²) in [5.41, 5.74) is 1.12. The molecule has 0 spiro atoms. The molecule has 2 unspecified atom stereocenters. The maximum absolute atomic E-state index is 11.6. The molecule has 25 heavy (non-hydrogen) atoms. The van der Waals surface area contributed by atoms with Crippen LogP contribution < -0.4 is 9.47 Å². The minimum Gasteiger partial charge on any atom is -0.490 e. The Balaban J connectivity index is 2.33. The van der Waals surface area contributed by atoms with E-state index in [2.05, 4.69) is 17.9 Å². The summed E-state index contributed by atoms with van der Waals surface area (Å²) < 4.78 is 11.4. The quantitative estimate of drug-likeness (QED) is 0.684. The summed E-state index contributed by atoms with van der Waals surface area (Å²) in [6.07, 6.45) is 4.80. The molecule has 2 rings (SSSR count). The Kier molecular flexibility index (Phi) is 7.56. The Morgan fingerprint density at radius 2 is 1.96 bits per heavy atom. The van der Waals surface area contributed by atoms with Crippen LogP contribution in [0.1, 0.15) is 64.5 Å². The molecular formula is C20H31NO4. The van der Waals surface area contributed by atoms with Gasteiger partial charge >= 0.3 is 5.97 Å². The van der Waals surface area contributed by atoms with Crippen molar-refractivity contribution >= 4 is 5.97 Å². The molecule has 0 radical (unpaired) electrons. The molecule has 1 N–H and O–H groups in total. The number of likely N-dealkylation sites (tertiary alicyclic amines) is 1. The number of rotatable bonds is 10. The van der Waals surface area contributed by atoms with Crippen LogP contribution in [-0.4, -0.2) is 41.8 Å². The molecule has 0 bridgehead atoms. The number of carbonyl (C=O) groups is 1. The van der Waals surface area contributed by atoms with Crippen LogP contribution in [0.3, 0.4) is 0 Å². The lowest BCUT2D eigenvalue weighted by Gasteiger charge is -2.32. The lowest BCUT2D eigenvalue weighted by Crippen LogP contribution is -2.38. The van der Waals surface area contributed by atoms with Crippen molar-refractivity contribution in [2.24, 2.45) is 0 Å². The Bertz CT molecular complexity index is 561. The van der Waals surface area contributed by atoms with Crippen molar-refractivity contribution in [3.63, 3.8) is 0 Å². The fourth-order valence-corrected chi connectivity index (χ4v) is 3.62. The second-order valence-electron chi connectivity index (χ2n) is 6.46. The van der Waals surface area contributed by atoms with E-state index in [-0.39, 0.29) is 12.1 Å². The number of nitrogens with zero attached hydrogens (tertiary/aromatic N) is 1. The number of aliphatic carboxylic acids is 1. The molecular weight excluding hydrogens is 318 g/mol. The molecule has 1 aromatic carbocycles. The van der Waals surface area contributed by atoms with Crippen LogP contribution >= 0.6 is 0 Å². The minimum atomic E-state index is -0.713. The first-order valence-corrected chi connectivity index (χ1v) is 9.50. The molecule has 0 aliphatic carbocycles. The van der Waals surface area contributed by atoms with Crippen molar-refractivity contribution in [2.45, 2.75) is 65.0 Å². The third-order valence-electron chi connectivity index (χ3n) is 4.76. The van der Waals surface area contributed by atoms with Gasteiger partial charge in [0.15, 0.2) is 11.5 Å². The van der Waals surface area contributed by atoms with Gasteiger partial charge in [0.25, 0.3) is 0 Å². The summed E-state index contributed by atoms with van der Waals surface area (Å²) in [5, 5.41) is 9.57. The van der Waals surface area contributed by atoms with Crippen molar-refractivity contribution in [3.05, 3.63) is 23.8 Å². The standard InChI is InChI=1S/C20H31NO4/c1-4-7-9-16(21-13-8-10-17(21)20(22)23)15-11-12-18(24-5-2)19(14-15)25-6-3/h11-12,14,16-17H,4-10,13H2,1-3H3,(H,22,23). The zero-order valence-corrected chi connectivity index (χ0v) is 15.7. The Morgan fingerprint density at radius 1 is 1.24 bits per heavy atom. The summed E-state index contributed by atoms with van der Waals surface area (Å²) in [6, 6.07) is 5.77. The van der Waals surface area contributed by atoms with E-state index in [4.69, 9.17) is 9.47 Å². The zero-order valence-electron chi connectivity index (χ0n) is 15.7. The molecule has 2 atom stereocenters. The molecule has 1 aromatic rings. The van der Waals surface area contributed by atoms with Crippen LogP contribution in [0.5, 0.6) is 11.5 Å². The van der Waals surface area contributed by atoms with Gasteiger partial charge in [-0.05, 0) is 57.4 Å². The maximum Gasteiger partial charge on any atom is 0.320 e. The maximum atomic E-state index is 11.6. The van der Waals surface area contributed by atoms with E-state index in [1.807, 2.05) is 26.0 Å². The number of carboxylic acids is 1. The van der Waals surface area contributed by atoms with Gasteiger partial charge in [0.2, 0.25) is 0 Å². The molecule has 1 saturated heterocycles. The molecule has 0 saturated carbocycles. The number of hydrogen-bond donors (Lipinski definition) is 1. The van der Waals surface area contributed by atoms with Gasteiger partial charge < -0.3 is 14.6 Å². The highest BCUT2D eigenvalue weighted by atomic mass is 16.5. The molecule has 1 aliphatic heterocycles. The van der Waals surface area contributed by atoms with Crippen LogP contribution in [0.2, 0.25) is 0 Å². The first kappa shape index (κ1) is 19.6. The van der Waals surface area contributed by atoms with E-state index >= 15 is 0 Å². The summed E-state index contributed by atoms with van der Waals surface area (Å²) in [6.45, 7) is 8.08. The van der Waals surface area contributed by atoms with E-state index in [9.17, 15) is 9.90 Å². The van der Waals surface area contributed by atoms with E-state index in [1.165, 1.54) is 0 Å². The van der Waals surface area contributed by atoms with Crippen LogP contribution in [0, 0.1) is 0 Å². The van der Waals surface area contributed by atoms with Crippen LogP contribution in [0.4, 0.5) is 0 Å². The molecule has 140 valence electrons. The van der Waals surface area contributed by atoms with Crippen molar-refractivity contribution in [3.8, 4) is 11.5 Å². The van der Waals surface area contributed by atoms with Crippen LogP contribution in [0.25, 0.3) is 0 Å². The van der Waals surface area contributed by atoms with Gasteiger partial charge in [-0.25, -0.2) is 0 Å². The second kappa shape index (κ2) is 9.66. The Hall–Kier alpha value is -1.75. The minimum absolute atomic E-state index is 0.110. The monoisotopic (exact) mass is 349 g/mol. The van der Waals surface area contributed by atoms with E-state index in [0.717, 1.165) is 55.7 Å². The van der Waals surface area contributed by atoms with Gasteiger partial charge in [0, 0.05) is 6.04 Å². The average molecular weight is 349 g/mol. The zero-order chi connectivity index (χ0) is 18.2. The average Bonchev–Trinajstić information content (AvgIpc) is 3.07. The van der Waals surface area contributed by atoms with Gasteiger partial charge in [0.05, 0.1) is 13.2 Å². The van der Waals surface area contributed by atoms with E-state index < -0.39 is 5.97 Å². The van der Waals surface area contributed by atoms with E-state index in [0.29, 0.717) is 13.2 Å². The normalized spacial score (nSPS) is 18.9. The number of ether oxygens (including phenoxy) is 2. The number of benzene rings is 1. The van der Waals surface area contributed by atoms with Crippen molar-refractivity contribution < 1.29 is 19.4 Å². The van der Waals surface area contributed by atoms with Gasteiger partial charge in [-0.1, -0.05) is 25.8 Å². The third kappa shape index (κ3) is 4.88. The van der Waals surface area contributed by atoms with Gasteiger partial charge in [0.1, 0.15) is 6.04 Å². The fourth-order valence-electron chi connectivity index (χ4n) is 3.62. The second-order valence-corrected chi connectivity index (χ2v) is 6.46. The molecule has 1 heterocycles. The molecule has 0 aromatic heterocycles. The number of carboxylic acid groups (broad SMARTS) is 1. The van der Waals surface area contributed by atoms with Gasteiger partial charge in [-0.3, -0.25) is 9.69 Å². The van der Waals surface area contributed by atoms with Gasteiger partial charge in [-0.2, -0.15) is 0 Å². The lowest BCUT2D eigenvalue weighted by molar-refractivity contribution is -0.143. The van der Waals surface area contributed by atoms with Crippen LogP contribution in [0.15, 0.2) is 18.2 Å². The summed E-state index contributed by atoms with van der Waals surface area (Å²) >= 11 is 0. The topological polar surface area (TPSA) is 59.0 Å². The summed E-state index contributed by atoms with van der Waals surface area (Å²) in [7, 11) is 0. The highest BCUT2D eigenvalue weighted by Crippen LogP contribution is 2.37. The van der Waals surface area contributed by atoms with Crippen LogP contribution in [-0.2, 0) is 4.79 Å². The first-order valence-electron chi connectivity index (χ1n) is 9.50.